The van der Waals surface area contributed by atoms with E-state index in [9.17, 15) is 0 Å². The van der Waals surface area contributed by atoms with Crippen LogP contribution in [0, 0.1) is 16.7 Å². The molecule has 3 rings (SSSR count). The Labute approximate surface area is 230 Å². The third-order valence-corrected chi connectivity index (χ3v) is 13.4. The van der Waals surface area contributed by atoms with Gasteiger partial charge in [-0.3, -0.25) is 9.97 Å². The van der Waals surface area contributed by atoms with Crippen molar-refractivity contribution in [3.63, 3.8) is 0 Å². The fourth-order valence-corrected chi connectivity index (χ4v) is 11.7. The molecule has 0 bridgehead atoms. The number of rotatable bonds is 6. The van der Waals surface area contributed by atoms with E-state index >= 15 is 0 Å². The van der Waals surface area contributed by atoms with E-state index in [4.69, 9.17) is 9.97 Å². The molecule has 4 heteroatoms. The van der Waals surface area contributed by atoms with Crippen molar-refractivity contribution < 1.29 is 0 Å². The van der Waals surface area contributed by atoms with Crippen LogP contribution in [0.1, 0.15) is 83.1 Å². The second kappa shape index (κ2) is 11.0. The molecule has 202 valence electrons. The van der Waals surface area contributed by atoms with Crippen LogP contribution in [0.5, 0.6) is 0 Å². The van der Waals surface area contributed by atoms with Gasteiger partial charge in [-0.1, -0.05) is 120 Å². The lowest BCUT2D eigenvalue weighted by Crippen LogP contribution is -2.32. The van der Waals surface area contributed by atoms with E-state index in [2.05, 4.69) is 113 Å². The second-order valence-electron chi connectivity index (χ2n) is 14.6. The normalized spacial score (nSPS) is 17.7. The van der Waals surface area contributed by atoms with Crippen molar-refractivity contribution >= 4 is 26.7 Å². The summed E-state index contributed by atoms with van der Waals surface area (Å²) in [7, 11) is -0.955. The molecule has 2 aromatic heterocycles. The van der Waals surface area contributed by atoms with E-state index in [1.807, 2.05) is 24.5 Å². The average molecular weight is 537 g/mol. The summed E-state index contributed by atoms with van der Waals surface area (Å²) < 4.78 is 0. The Balaban J connectivity index is 2.23. The van der Waals surface area contributed by atoms with Crippen LogP contribution < -0.4 is 10.9 Å². The van der Waals surface area contributed by atoms with Gasteiger partial charge in [-0.05, 0) is 57.1 Å². The third kappa shape index (κ3) is 7.40. The Morgan fingerprint density at radius 2 is 1.16 bits per heavy atom. The van der Waals surface area contributed by atoms with Crippen molar-refractivity contribution in [3.05, 3.63) is 71.6 Å². The molecule has 0 radical (unpaired) electrons. The van der Waals surface area contributed by atoms with Crippen LogP contribution in [-0.2, 0) is 0 Å². The highest BCUT2D eigenvalue weighted by Gasteiger charge is 2.44. The lowest BCUT2D eigenvalue weighted by molar-refractivity contribution is 0.281. The highest BCUT2D eigenvalue weighted by atomic mass is 31.1. The molecule has 37 heavy (non-hydrogen) atoms. The fraction of sp³-hybridized carbons (Fsp3) is 0.576. The molecule has 2 aromatic rings. The molecule has 0 fully saturated rings. The molecule has 1 unspecified atom stereocenters. The van der Waals surface area contributed by atoms with Crippen LogP contribution in [0.4, 0.5) is 0 Å². The van der Waals surface area contributed by atoms with Crippen LogP contribution >= 0.6 is 15.8 Å². The Bertz CT molecular complexity index is 1050. The van der Waals surface area contributed by atoms with Gasteiger partial charge in [0.15, 0.2) is 0 Å². The van der Waals surface area contributed by atoms with E-state index in [0.29, 0.717) is 5.92 Å². The Morgan fingerprint density at radius 3 is 1.51 bits per heavy atom. The van der Waals surface area contributed by atoms with Gasteiger partial charge in [-0.15, -0.1) is 0 Å². The van der Waals surface area contributed by atoms with Gasteiger partial charge in [-0.25, -0.2) is 0 Å². The van der Waals surface area contributed by atoms with Gasteiger partial charge in [0, 0.05) is 32.4 Å². The maximum absolute atomic E-state index is 4.85. The molecule has 1 aliphatic rings. The molecule has 0 aromatic carbocycles. The number of allylic oxidation sites excluding steroid dienone is 4. The van der Waals surface area contributed by atoms with Gasteiger partial charge >= 0.3 is 0 Å². The molecule has 1 atom stereocenters. The molecule has 2 heterocycles. The molecule has 0 aliphatic heterocycles. The zero-order valence-corrected chi connectivity index (χ0v) is 27.3. The zero-order chi connectivity index (χ0) is 27.8. The quantitative estimate of drug-likeness (QED) is 0.345. The monoisotopic (exact) mass is 536 g/mol. The number of hydrogen-bond donors (Lipinski definition) is 0. The smallest absolute Gasteiger partial charge is 0.0695 e. The largest absolute Gasteiger partial charge is 0.256 e. The van der Waals surface area contributed by atoms with Crippen LogP contribution in [0.25, 0.3) is 0 Å². The van der Waals surface area contributed by atoms with Crippen LogP contribution in [0.2, 0.25) is 0 Å². The van der Waals surface area contributed by atoms with E-state index in [1.165, 1.54) is 17.0 Å². The standard InChI is InChI=1S/C33H50N2P2/c1-30(2,3)26-21-24(22-36(27-17-13-15-19-34-27)28-18-14-16-20-35-28)25(29(26)31(4,5)6)23-37(32(7,8)9)33(10,11)12/h13-21,29H,22-23H2,1-12H3. The van der Waals surface area contributed by atoms with E-state index in [0.717, 1.165) is 6.16 Å². The summed E-state index contributed by atoms with van der Waals surface area (Å²) in [5, 5.41) is 0.566. The summed E-state index contributed by atoms with van der Waals surface area (Å²) >= 11 is 0. The van der Waals surface area contributed by atoms with Gasteiger partial charge in [0.05, 0.1) is 10.9 Å². The minimum absolute atomic E-state index is 0.121. The summed E-state index contributed by atoms with van der Waals surface area (Å²) in [4.78, 5) is 9.69. The molecule has 0 N–H and O–H groups in total. The summed E-state index contributed by atoms with van der Waals surface area (Å²) in [5.74, 6) is 0.460. The number of aromatic nitrogens is 2. The van der Waals surface area contributed by atoms with Gasteiger partial charge < -0.3 is 0 Å². The van der Waals surface area contributed by atoms with Gasteiger partial charge in [0.2, 0.25) is 0 Å². The predicted molar refractivity (Wildman–Crippen MR) is 168 cm³/mol. The molecule has 2 nitrogen and oxygen atoms in total. The van der Waals surface area contributed by atoms with Crippen LogP contribution in [0.3, 0.4) is 0 Å². The zero-order valence-electron chi connectivity index (χ0n) is 25.5. The van der Waals surface area contributed by atoms with Crippen molar-refractivity contribution in [3.8, 4) is 0 Å². The number of nitrogens with zero attached hydrogens (tertiary/aromatic N) is 2. The molecule has 1 aliphatic carbocycles. The molecule has 0 saturated heterocycles. The average Bonchev–Trinajstić information content (AvgIpc) is 3.14. The summed E-state index contributed by atoms with van der Waals surface area (Å²) in [6.45, 7) is 29.3. The van der Waals surface area contributed by atoms with Gasteiger partial charge in [0.25, 0.3) is 0 Å². The Morgan fingerprint density at radius 1 is 0.676 bits per heavy atom. The fourth-order valence-electron chi connectivity index (χ4n) is 5.84. The maximum Gasteiger partial charge on any atom is 0.0695 e. The first-order valence-corrected chi connectivity index (χ1v) is 16.8. The van der Waals surface area contributed by atoms with Crippen molar-refractivity contribution in [2.45, 2.75) is 93.4 Å². The van der Waals surface area contributed by atoms with Gasteiger partial charge in [-0.2, -0.15) is 0 Å². The molecular weight excluding hydrogens is 486 g/mol. The SMILES string of the molecule is CC(C)(C)C1=CC(CP(c2ccccn2)c2ccccn2)=C(CP(C(C)(C)C)C(C)(C)C)C1C(C)(C)C. The highest BCUT2D eigenvalue weighted by Crippen LogP contribution is 2.63. The highest BCUT2D eigenvalue weighted by molar-refractivity contribution is 7.72. The first kappa shape index (κ1) is 30.2. The molecule has 0 saturated carbocycles. The minimum Gasteiger partial charge on any atom is -0.256 e. The maximum atomic E-state index is 4.85. The van der Waals surface area contributed by atoms with Crippen LogP contribution in [-0.4, -0.2) is 32.6 Å². The molecule has 0 spiro atoms. The third-order valence-electron chi connectivity index (χ3n) is 7.26. The second-order valence-corrected chi connectivity index (χ2v) is 20.5. The Hall–Kier alpha value is -1.36. The van der Waals surface area contributed by atoms with E-state index in [-0.39, 0.29) is 29.1 Å². The van der Waals surface area contributed by atoms with Crippen molar-refractivity contribution in [1.82, 2.24) is 9.97 Å². The first-order chi connectivity index (χ1) is 16.9. The van der Waals surface area contributed by atoms with Crippen molar-refractivity contribution in [2.75, 3.05) is 12.3 Å². The number of hydrogen-bond acceptors (Lipinski definition) is 2. The van der Waals surface area contributed by atoms with Crippen molar-refractivity contribution in [1.29, 1.82) is 0 Å². The van der Waals surface area contributed by atoms with E-state index < -0.39 is 7.92 Å². The summed E-state index contributed by atoms with van der Waals surface area (Å²) in [5.41, 5.74) is 7.45. The lowest BCUT2D eigenvalue weighted by Gasteiger charge is -2.45. The number of pyridine rings is 2. The summed E-state index contributed by atoms with van der Waals surface area (Å²) in [6, 6.07) is 12.7. The molecular formula is C33H50N2P2. The predicted octanol–water partition coefficient (Wildman–Crippen LogP) is 8.93. The van der Waals surface area contributed by atoms with E-state index in [1.54, 1.807) is 16.7 Å². The lowest BCUT2D eigenvalue weighted by atomic mass is 9.67. The topological polar surface area (TPSA) is 25.8 Å². The minimum atomic E-state index is -0.697. The first-order valence-electron chi connectivity index (χ1n) is 13.7. The summed E-state index contributed by atoms with van der Waals surface area (Å²) in [6.07, 6.45) is 8.67. The van der Waals surface area contributed by atoms with Crippen LogP contribution in [0.15, 0.2) is 71.6 Å². The Kier molecular flexibility index (Phi) is 8.99. The molecule has 0 amide bonds. The van der Waals surface area contributed by atoms with Crippen molar-refractivity contribution in [2.24, 2.45) is 16.7 Å². The van der Waals surface area contributed by atoms with Gasteiger partial charge in [0.1, 0.15) is 0 Å².